The van der Waals surface area contributed by atoms with Gasteiger partial charge in [0.15, 0.2) is 0 Å². The Morgan fingerprint density at radius 1 is 1.29 bits per heavy atom. The van der Waals surface area contributed by atoms with Crippen molar-refractivity contribution in [1.82, 2.24) is 10.2 Å². The Balaban J connectivity index is 2.34. The average molecular weight is 232 g/mol. The van der Waals surface area contributed by atoms with Gasteiger partial charge in [-0.25, -0.2) is 0 Å². The van der Waals surface area contributed by atoms with Crippen molar-refractivity contribution >= 4 is 11.0 Å². The molecular formula is C14H20N2O. The summed E-state index contributed by atoms with van der Waals surface area (Å²) >= 11 is 0. The molecule has 0 saturated heterocycles. The maximum absolute atomic E-state index is 5.61. The van der Waals surface area contributed by atoms with E-state index in [1.165, 1.54) is 10.9 Å². The molecule has 0 aliphatic rings. The SMILES string of the molecule is CCNCC(c1coc2ccccc12)N(C)C. The molecule has 1 atom stereocenters. The summed E-state index contributed by atoms with van der Waals surface area (Å²) in [5.74, 6) is 0. The first-order chi connectivity index (χ1) is 8.24. The Morgan fingerprint density at radius 2 is 2.06 bits per heavy atom. The first-order valence-electron chi connectivity index (χ1n) is 6.07. The molecule has 0 aliphatic heterocycles. The maximum Gasteiger partial charge on any atom is 0.134 e. The predicted molar refractivity (Wildman–Crippen MR) is 71.2 cm³/mol. The molecule has 17 heavy (non-hydrogen) atoms. The highest BCUT2D eigenvalue weighted by Crippen LogP contribution is 2.28. The minimum atomic E-state index is 0.346. The zero-order valence-electron chi connectivity index (χ0n) is 10.7. The van der Waals surface area contributed by atoms with Crippen LogP contribution in [-0.2, 0) is 0 Å². The van der Waals surface area contributed by atoms with Crippen LogP contribution in [0.4, 0.5) is 0 Å². The molecular weight excluding hydrogens is 212 g/mol. The van der Waals surface area contributed by atoms with Crippen LogP contribution in [0.3, 0.4) is 0 Å². The van der Waals surface area contributed by atoms with E-state index in [2.05, 4.69) is 43.4 Å². The van der Waals surface area contributed by atoms with Crippen LogP contribution in [0.1, 0.15) is 18.5 Å². The van der Waals surface area contributed by atoms with Gasteiger partial charge >= 0.3 is 0 Å². The number of nitrogens with one attached hydrogen (secondary N) is 1. The van der Waals surface area contributed by atoms with Crippen LogP contribution in [0.5, 0.6) is 0 Å². The van der Waals surface area contributed by atoms with Crippen molar-refractivity contribution in [2.45, 2.75) is 13.0 Å². The first kappa shape index (κ1) is 12.1. The van der Waals surface area contributed by atoms with Crippen LogP contribution in [0.2, 0.25) is 0 Å². The number of rotatable bonds is 5. The third-order valence-corrected chi connectivity index (χ3v) is 3.08. The van der Waals surface area contributed by atoms with Gasteiger partial charge in [-0.15, -0.1) is 0 Å². The van der Waals surface area contributed by atoms with Gasteiger partial charge in [-0.2, -0.15) is 0 Å². The number of para-hydroxylation sites is 1. The van der Waals surface area contributed by atoms with Gasteiger partial charge in [0.05, 0.1) is 12.3 Å². The second kappa shape index (κ2) is 5.34. The lowest BCUT2D eigenvalue weighted by Crippen LogP contribution is -2.30. The Labute approximate surface area is 102 Å². The van der Waals surface area contributed by atoms with Gasteiger partial charge in [0.25, 0.3) is 0 Å². The molecule has 0 amide bonds. The molecule has 1 unspecified atom stereocenters. The standard InChI is InChI=1S/C14H20N2O/c1-4-15-9-13(16(2)3)12-10-17-14-8-6-5-7-11(12)14/h5-8,10,13,15H,4,9H2,1-3H3. The van der Waals surface area contributed by atoms with Crippen LogP contribution in [0.15, 0.2) is 34.9 Å². The highest BCUT2D eigenvalue weighted by atomic mass is 16.3. The molecule has 2 rings (SSSR count). The summed E-state index contributed by atoms with van der Waals surface area (Å²) in [6, 6.07) is 8.54. The van der Waals surface area contributed by atoms with Gasteiger partial charge in [0, 0.05) is 17.5 Å². The fourth-order valence-electron chi connectivity index (χ4n) is 2.11. The summed E-state index contributed by atoms with van der Waals surface area (Å²) < 4.78 is 5.61. The number of benzene rings is 1. The molecule has 92 valence electrons. The molecule has 1 aromatic heterocycles. The van der Waals surface area contributed by atoms with Crippen molar-refractivity contribution < 1.29 is 4.42 Å². The van der Waals surface area contributed by atoms with Crippen molar-refractivity contribution in [3.63, 3.8) is 0 Å². The van der Waals surface area contributed by atoms with Crippen LogP contribution in [0.25, 0.3) is 11.0 Å². The summed E-state index contributed by atoms with van der Waals surface area (Å²) in [5, 5.41) is 4.61. The van der Waals surface area contributed by atoms with Crippen molar-refractivity contribution in [2.24, 2.45) is 0 Å². The Kier molecular flexibility index (Phi) is 3.82. The molecule has 0 bridgehead atoms. The van der Waals surface area contributed by atoms with Crippen LogP contribution < -0.4 is 5.32 Å². The van der Waals surface area contributed by atoms with Gasteiger partial charge in [0.2, 0.25) is 0 Å². The van der Waals surface area contributed by atoms with E-state index in [4.69, 9.17) is 4.42 Å². The fourth-order valence-corrected chi connectivity index (χ4v) is 2.11. The van der Waals surface area contributed by atoms with Gasteiger partial charge in [-0.05, 0) is 26.7 Å². The summed E-state index contributed by atoms with van der Waals surface area (Å²) in [4.78, 5) is 2.22. The second-order valence-corrected chi connectivity index (χ2v) is 4.47. The van der Waals surface area contributed by atoms with E-state index < -0.39 is 0 Å². The van der Waals surface area contributed by atoms with Crippen molar-refractivity contribution in [2.75, 3.05) is 27.2 Å². The molecule has 0 fully saturated rings. The van der Waals surface area contributed by atoms with Crippen LogP contribution in [0, 0.1) is 0 Å². The summed E-state index contributed by atoms with van der Waals surface area (Å²) in [6.07, 6.45) is 1.88. The molecule has 2 aromatic rings. The number of nitrogens with zero attached hydrogens (tertiary/aromatic N) is 1. The molecule has 0 aliphatic carbocycles. The second-order valence-electron chi connectivity index (χ2n) is 4.47. The molecule has 1 heterocycles. The van der Waals surface area contributed by atoms with E-state index >= 15 is 0 Å². The summed E-state index contributed by atoms with van der Waals surface area (Å²) in [7, 11) is 4.20. The molecule has 0 spiro atoms. The molecule has 1 N–H and O–H groups in total. The van der Waals surface area contributed by atoms with E-state index in [1.807, 2.05) is 18.4 Å². The predicted octanol–water partition coefficient (Wildman–Crippen LogP) is 2.65. The van der Waals surface area contributed by atoms with E-state index in [-0.39, 0.29) is 0 Å². The van der Waals surface area contributed by atoms with Gasteiger partial charge < -0.3 is 14.6 Å². The van der Waals surface area contributed by atoms with Crippen LogP contribution in [-0.4, -0.2) is 32.1 Å². The van der Waals surface area contributed by atoms with E-state index in [9.17, 15) is 0 Å². The highest BCUT2D eigenvalue weighted by Gasteiger charge is 2.18. The maximum atomic E-state index is 5.61. The zero-order chi connectivity index (χ0) is 12.3. The molecule has 0 radical (unpaired) electrons. The fraction of sp³-hybridized carbons (Fsp3) is 0.429. The van der Waals surface area contributed by atoms with E-state index in [0.717, 1.165) is 18.7 Å². The van der Waals surface area contributed by atoms with Gasteiger partial charge in [-0.1, -0.05) is 25.1 Å². The van der Waals surface area contributed by atoms with Gasteiger partial charge in [0.1, 0.15) is 5.58 Å². The number of hydrogen-bond acceptors (Lipinski definition) is 3. The van der Waals surface area contributed by atoms with E-state index in [0.29, 0.717) is 6.04 Å². The van der Waals surface area contributed by atoms with Crippen molar-refractivity contribution in [3.05, 3.63) is 36.1 Å². The number of hydrogen-bond donors (Lipinski definition) is 1. The first-order valence-corrected chi connectivity index (χ1v) is 6.07. The van der Waals surface area contributed by atoms with Gasteiger partial charge in [-0.3, -0.25) is 0 Å². The Hall–Kier alpha value is -1.32. The molecule has 0 saturated carbocycles. The zero-order valence-corrected chi connectivity index (χ0v) is 10.7. The van der Waals surface area contributed by atoms with Crippen LogP contribution >= 0.6 is 0 Å². The number of fused-ring (bicyclic) bond motifs is 1. The van der Waals surface area contributed by atoms with Crippen molar-refractivity contribution in [1.29, 1.82) is 0 Å². The topological polar surface area (TPSA) is 28.4 Å². The number of likely N-dealkylation sites (N-methyl/N-ethyl adjacent to an activating group) is 2. The lowest BCUT2D eigenvalue weighted by molar-refractivity contribution is 0.290. The summed E-state index contributed by atoms with van der Waals surface area (Å²) in [6.45, 7) is 4.05. The molecule has 3 heteroatoms. The number of furan rings is 1. The largest absolute Gasteiger partial charge is 0.464 e. The minimum Gasteiger partial charge on any atom is -0.464 e. The lowest BCUT2D eigenvalue weighted by atomic mass is 10.0. The normalized spacial score (nSPS) is 13.4. The quantitative estimate of drug-likeness (QED) is 0.859. The van der Waals surface area contributed by atoms with E-state index in [1.54, 1.807) is 0 Å². The highest BCUT2D eigenvalue weighted by molar-refractivity contribution is 5.81. The monoisotopic (exact) mass is 232 g/mol. The Morgan fingerprint density at radius 3 is 2.76 bits per heavy atom. The third kappa shape index (κ3) is 2.51. The smallest absolute Gasteiger partial charge is 0.134 e. The lowest BCUT2D eigenvalue weighted by Gasteiger charge is -2.23. The third-order valence-electron chi connectivity index (χ3n) is 3.08. The molecule has 1 aromatic carbocycles. The average Bonchev–Trinajstić information content (AvgIpc) is 2.73. The molecule has 3 nitrogen and oxygen atoms in total. The Bertz CT molecular complexity index is 476. The summed E-state index contributed by atoms with van der Waals surface area (Å²) in [5.41, 5.74) is 2.22. The van der Waals surface area contributed by atoms with Crippen molar-refractivity contribution in [3.8, 4) is 0 Å². The minimum absolute atomic E-state index is 0.346.